The molecule has 0 aromatic carbocycles. The van der Waals surface area contributed by atoms with Crippen molar-refractivity contribution in [3.63, 3.8) is 0 Å². The van der Waals surface area contributed by atoms with Crippen molar-refractivity contribution in [2.24, 2.45) is 0 Å². The zero-order chi connectivity index (χ0) is 10.0. The van der Waals surface area contributed by atoms with Gasteiger partial charge >= 0.3 is 0 Å². The number of nitrogens with zero attached hydrogens (tertiary/aromatic N) is 1. The van der Waals surface area contributed by atoms with Crippen molar-refractivity contribution in [3.8, 4) is 5.75 Å². The third-order valence-corrected chi connectivity index (χ3v) is 1.98. The maximum absolute atomic E-state index is 9.46. The second kappa shape index (κ2) is 3.91. The van der Waals surface area contributed by atoms with Gasteiger partial charge in [-0.25, -0.2) is 0 Å². The van der Waals surface area contributed by atoms with E-state index in [1.54, 1.807) is 6.92 Å². The van der Waals surface area contributed by atoms with E-state index >= 15 is 0 Å². The Morgan fingerprint density at radius 1 is 1.62 bits per heavy atom. The Balaban J connectivity index is 3.32. The fraction of sp³-hybridized carbons (Fsp3) is 0.375. The average Bonchev–Trinajstić information content (AvgIpc) is 2.08. The van der Waals surface area contributed by atoms with Crippen LogP contribution in [0.5, 0.6) is 5.75 Å². The van der Waals surface area contributed by atoms with E-state index in [4.69, 9.17) is 21.8 Å². The van der Waals surface area contributed by atoms with E-state index in [-0.39, 0.29) is 17.9 Å². The minimum Gasteiger partial charge on any atom is -0.506 e. The summed E-state index contributed by atoms with van der Waals surface area (Å²) >= 11 is 5.42. The summed E-state index contributed by atoms with van der Waals surface area (Å²) < 4.78 is 0. The first-order chi connectivity index (χ1) is 6.07. The summed E-state index contributed by atoms with van der Waals surface area (Å²) in [6, 6.07) is 0. The zero-order valence-corrected chi connectivity index (χ0v) is 7.78. The van der Waals surface area contributed by atoms with Crippen LogP contribution in [0.1, 0.15) is 22.4 Å². The van der Waals surface area contributed by atoms with Gasteiger partial charge in [0.15, 0.2) is 5.56 Å². The Labute approximate surface area is 80.4 Å². The molecule has 0 aliphatic carbocycles. The fourth-order valence-corrected chi connectivity index (χ4v) is 1.29. The van der Waals surface area contributed by atoms with E-state index in [1.165, 1.54) is 6.20 Å². The van der Waals surface area contributed by atoms with Gasteiger partial charge in [0.05, 0.1) is 12.3 Å². The zero-order valence-electron chi connectivity index (χ0n) is 7.03. The third kappa shape index (κ3) is 1.91. The molecule has 1 aromatic rings. The molecular weight excluding hydrogens is 194 g/mol. The van der Waals surface area contributed by atoms with Crippen molar-refractivity contribution >= 4 is 11.6 Å². The van der Waals surface area contributed by atoms with Crippen LogP contribution in [-0.2, 0) is 6.61 Å². The van der Waals surface area contributed by atoms with Crippen LogP contribution in [0.4, 0.5) is 0 Å². The van der Waals surface area contributed by atoms with Gasteiger partial charge in [-0.3, -0.25) is 4.98 Å². The minimum atomic E-state index is -1.33. The first-order valence-corrected chi connectivity index (χ1v) is 4.12. The molecular formula is C8H10ClNO3. The molecule has 0 spiro atoms. The lowest BCUT2D eigenvalue weighted by molar-refractivity contribution is 0.242. The van der Waals surface area contributed by atoms with Gasteiger partial charge in [0.25, 0.3) is 0 Å². The predicted octanol–water partition coefficient (Wildman–Crippen LogP) is 0.818. The molecule has 13 heavy (non-hydrogen) atoms. The van der Waals surface area contributed by atoms with Crippen molar-refractivity contribution in [1.82, 2.24) is 4.98 Å². The summed E-state index contributed by atoms with van der Waals surface area (Å²) in [7, 11) is 0. The molecule has 3 N–H and O–H groups in total. The number of alkyl halides is 1. The Kier molecular flexibility index (Phi) is 3.08. The van der Waals surface area contributed by atoms with Gasteiger partial charge in [0.2, 0.25) is 0 Å². The molecule has 1 rings (SSSR count). The monoisotopic (exact) mass is 203 g/mol. The maximum atomic E-state index is 9.46. The molecule has 0 aliphatic heterocycles. The Hall–Kier alpha value is -0.840. The first-order valence-electron chi connectivity index (χ1n) is 3.68. The SMILES string of the molecule is Cc1ncc(CO)c(C(O)Cl)c1O. The lowest BCUT2D eigenvalue weighted by Crippen LogP contribution is -2.00. The number of aryl methyl sites for hydroxylation is 1. The van der Waals surface area contributed by atoms with Crippen LogP contribution in [0.3, 0.4) is 0 Å². The normalized spacial score (nSPS) is 12.9. The second-order valence-electron chi connectivity index (χ2n) is 2.63. The highest BCUT2D eigenvalue weighted by molar-refractivity contribution is 6.20. The maximum Gasteiger partial charge on any atom is 0.157 e. The molecule has 0 bridgehead atoms. The number of hydrogen-bond donors (Lipinski definition) is 3. The number of aliphatic hydroxyl groups excluding tert-OH is 2. The highest BCUT2D eigenvalue weighted by Gasteiger charge is 2.16. The van der Waals surface area contributed by atoms with Crippen LogP contribution in [0.15, 0.2) is 6.20 Å². The van der Waals surface area contributed by atoms with Crippen LogP contribution >= 0.6 is 11.6 Å². The summed E-state index contributed by atoms with van der Waals surface area (Å²) in [4.78, 5) is 3.81. The van der Waals surface area contributed by atoms with Gasteiger partial charge in [0, 0.05) is 17.3 Å². The van der Waals surface area contributed by atoms with E-state index in [0.29, 0.717) is 11.3 Å². The van der Waals surface area contributed by atoms with E-state index in [9.17, 15) is 5.11 Å². The molecule has 4 nitrogen and oxygen atoms in total. The van der Waals surface area contributed by atoms with Gasteiger partial charge in [0.1, 0.15) is 5.75 Å². The fourth-order valence-electron chi connectivity index (χ4n) is 1.04. The van der Waals surface area contributed by atoms with Gasteiger partial charge in [-0.15, -0.1) is 0 Å². The largest absolute Gasteiger partial charge is 0.506 e. The van der Waals surface area contributed by atoms with Crippen molar-refractivity contribution in [3.05, 3.63) is 23.0 Å². The number of pyridine rings is 1. The van der Waals surface area contributed by atoms with Crippen LogP contribution in [0, 0.1) is 6.92 Å². The molecule has 0 fully saturated rings. The molecule has 1 heterocycles. The number of aromatic nitrogens is 1. The lowest BCUT2D eigenvalue weighted by Gasteiger charge is -2.11. The molecule has 0 saturated carbocycles. The van der Waals surface area contributed by atoms with Gasteiger partial charge in [-0.2, -0.15) is 0 Å². The van der Waals surface area contributed by atoms with Crippen molar-refractivity contribution in [2.75, 3.05) is 0 Å². The molecule has 1 atom stereocenters. The van der Waals surface area contributed by atoms with Crippen LogP contribution in [0.2, 0.25) is 0 Å². The smallest absolute Gasteiger partial charge is 0.157 e. The van der Waals surface area contributed by atoms with Crippen LogP contribution in [0.25, 0.3) is 0 Å². The Morgan fingerprint density at radius 2 is 2.23 bits per heavy atom. The number of aromatic hydroxyl groups is 1. The van der Waals surface area contributed by atoms with Crippen molar-refractivity contribution in [2.45, 2.75) is 19.1 Å². The van der Waals surface area contributed by atoms with E-state index in [1.807, 2.05) is 0 Å². The topological polar surface area (TPSA) is 73.6 Å². The first kappa shape index (κ1) is 10.2. The van der Waals surface area contributed by atoms with E-state index < -0.39 is 5.56 Å². The summed E-state index contributed by atoms with van der Waals surface area (Å²) in [5, 5.41) is 27.4. The molecule has 5 heteroatoms. The third-order valence-electron chi connectivity index (χ3n) is 1.77. The molecule has 0 amide bonds. The molecule has 0 saturated heterocycles. The molecule has 72 valence electrons. The van der Waals surface area contributed by atoms with E-state index in [0.717, 1.165) is 0 Å². The molecule has 0 aliphatic rings. The van der Waals surface area contributed by atoms with Gasteiger partial charge in [-0.1, -0.05) is 11.6 Å². The summed E-state index contributed by atoms with van der Waals surface area (Å²) in [6.07, 6.45) is 1.37. The Morgan fingerprint density at radius 3 is 2.69 bits per heavy atom. The predicted molar refractivity (Wildman–Crippen MR) is 47.4 cm³/mol. The molecule has 0 radical (unpaired) electrons. The highest BCUT2D eigenvalue weighted by atomic mass is 35.5. The number of aliphatic hydroxyl groups is 2. The number of hydrogen-bond acceptors (Lipinski definition) is 4. The van der Waals surface area contributed by atoms with Crippen molar-refractivity contribution in [1.29, 1.82) is 0 Å². The van der Waals surface area contributed by atoms with Gasteiger partial charge < -0.3 is 15.3 Å². The Bertz CT molecular complexity index is 315. The standard InChI is InChI=1S/C8H10ClNO3/c1-4-7(12)6(8(9)13)5(3-11)2-10-4/h2,8,11-13H,3H2,1H3. The van der Waals surface area contributed by atoms with Crippen molar-refractivity contribution < 1.29 is 15.3 Å². The minimum absolute atomic E-state index is 0.122. The average molecular weight is 204 g/mol. The van der Waals surface area contributed by atoms with Gasteiger partial charge in [-0.05, 0) is 6.92 Å². The summed E-state index contributed by atoms with van der Waals surface area (Å²) in [5.41, 5.74) is -0.516. The molecule has 1 aromatic heterocycles. The van der Waals surface area contributed by atoms with E-state index in [2.05, 4.69) is 4.98 Å². The number of halogens is 1. The van der Waals surface area contributed by atoms with Crippen LogP contribution < -0.4 is 0 Å². The molecule has 1 unspecified atom stereocenters. The van der Waals surface area contributed by atoms with Crippen LogP contribution in [-0.4, -0.2) is 20.3 Å². The summed E-state index contributed by atoms with van der Waals surface area (Å²) in [6.45, 7) is 1.26. The lowest BCUT2D eigenvalue weighted by atomic mass is 10.1. The summed E-state index contributed by atoms with van der Waals surface area (Å²) in [5.74, 6) is -0.172. The second-order valence-corrected chi connectivity index (χ2v) is 3.04. The quantitative estimate of drug-likeness (QED) is 0.623. The highest BCUT2D eigenvalue weighted by Crippen LogP contribution is 2.31. The number of rotatable bonds is 2.